The summed E-state index contributed by atoms with van der Waals surface area (Å²) in [5.74, 6) is 0. The van der Waals surface area contributed by atoms with Gasteiger partial charge in [0.05, 0.1) is 19.3 Å². The molecule has 0 aliphatic rings. The summed E-state index contributed by atoms with van der Waals surface area (Å²) in [6.07, 6.45) is 2.40. The van der Waals surface area contributed by atoms with E-state index >= 15 is 0 Å². The quantitative estimate of drug-likeness (QED) is 0.324. The first-order valence-electron chi connectivity index (χ1n) is 6.02. The van der Waals surface area contributed by atoms with Crippen molar-refractivity contribution in [3.05, 3.63) is 0 Å². The van der Waals surface area contributed by atoms with Crippen LogP contribution in [0.4, 0.5) is 0 Å². The highest BCUT2D eigenvalue weighted by Crippen LogP contribution is 2.50. The van der Waals surface area contributed by atoms with E-state index in [0.717, 1.165) is 19.3 Å². The molecular formula is C10H23O6P. The number of phosphoric acid groups is 1. The van der Waals surface area contributed by atoms with E-state index in [1.54, 1.807) is 13.8 Å². The highest BCUT2D eigenvalue weighted by molar-refractivity contribution is 7.48. The number of hydrogen-bond donors (Lipinski definition) is 0. The SMILES string of the molecule is CCCC(CC)OOP(=O)(OCC)OOCC. The Morgan fingerprint density at radius 2 is 1.76 bits per heavy atom. The summed E-state index contributed by atoms with van der Waals surface area (Å²) in [5, 5.41) is 0. The van der Waals surface area contributed by atoms with Gasteiger partial charge in [-0.3, -0.25) is 4.52 Å². The van der Waals surface area contributed by atoms with E-state index < -0.39 is 7.82 Å². The number of rotatable bonds is 11. The molecule has 6 nitrogen and oxygen atoms in total. The fourth-order valence-corrected chi connectivity index (χ4v) is 1.98. The van der Waals surface area contributed by atoms with Gasteiger partial charge in [-0.2, -0.15) is 0 Å². The van der Waals surface area contributed by atoms with Crippen molar-refractivity contribution >= 4 is 7.82 Å². The minimum absolute atomic E-state index is 0.126. The summed E-state index contributed by atoms with van der Waals surface area (Å²) in [6, 6.07) is 0. The molecule has 17 heavy (non-hydrogen) atoms. The van der Waals surface area contributed by atoms with E-state index in [4.69, 9.17) is 14.1 Å². The van der Waals surface area contributed by atoms with E-state index in [1.807, 2.05) is 13.8 Å². The summed E-state index contributed by atoms with van der Waals surface area (Å²) >= 11 is 0. The molecule has 0 spiro atoms. The molecule has 0 aromatic rings. The maximum atomic E-state index is 11.9. The van der Waals surface area contributed by atoms with Gasteiger partial charge >= 0.3 is 7.82 Å². The van der Waals surface area contributed by atoms with Crippen LogP contribution in [0.2, 0.25) is 0 Å². The second kappa shape index (κ2) is 10.00. The summed E-state index contributed by atoms with van der Waals surface area (Å²) in [6.45, 7) is 7.78. The van der Waals surface area contributed by atoms with Crippen molar-refractivity contribution in [2.24, 2.45) is 0 Å². The molecule has 0 aromatic heterocycles. The van der Waals surface area contributed by atoms with Crippen LogP contribution in [0.15, 0.2) is 0 Å². The van der Waals surface area contributed by atoms with E-state index in [9.17, 15) is 4.57 Å². The van der Waals surface area contributed by atoms with Gasteiger partial charge in [-0.1, -0.05) is 20.3 Å². The van der Waals surface area contributed by atoms with Crippen molar-refractivity contribution in [2.45, 2.75) is 53.1 Å². The predicted molar refractivity (Wildman–Crippen MR) is 63.1 cm³/mol. The molecule has 0 saturated heterocycles. The van der Waals surface area contributed by atoms with Gasteiger partial charge in [-0.25, -0.2) is 14.3 Å². The van der Waals surface area contributed by atoms with Crippen molar-refractivity contribution in [3.8, 4) is 0 Å². The molecule has 0 saturated carbocycles. The van der Waals surface area contributed by atoms with Crippen LogP contribution in [0.3, 0.4) is 0 Å². The molecule has 7 heteroatoms. The Morgan fingerprint density at radius 3 is 2.24 bits per heavy atom. The molecule has 104 valence electrons. The van der Waals surface area contributed by atoms with Crippen LogP contribution in [0, 0.1) is 0 Å². The Labute approximate surface area is 103 Å². The normalized spacial score (nSPS) is 16.7. The molecule has 0 fully saturated rings. The highest BCUT2D eigenvalue weighted by atomic mass is 31.2. The molecule has 0 aromatic carbocycles. The molecule has 2 unspecified atom stereocenters. The summed E-state index contributed by atoms with van der Waals surface area (Å²) in [7, 11) is -3.77. The Balaban J connectivity index is 4.18. The fourth-order valence-electron chi connectivity index (χ4n) is 1.09. The third kappa shape index (κ3) is 7.86. The molecular weight excluding hydrogens is 247 g/mol. The third-order valence-electron chi connectivity index (χ3n) is 1.89. The summed E-state index contributed by atoms with van der Waals surface area (Å²) < 4.78 is 26.1. The minimum Gasteiger partial charge on any atom is -0.284 e. The zero-order valence-electron chi connectivity index (χ0n) is 11.0. The van der Waals surface area contributed by atoms with Gasteiger partial charge in [-0.15, -0.1) is 9.35 Å². The zero-order chi connectivity index (χ0) is 13.1. The van der Waals surface area contributed by atoms with Crippen LogP contribution >= 0.6 is 7.82 Å². The third-order valence-corrected chi connectivity index (χ3v) is 3.02. The highest BCUT2D eigenvalue weighted by Gasteiger charge is 2.30. The molecule has 0 rings (SSSR count). The smallest absolute Gasteiger partial charge is 0.284 e. The lowest BCUT2D eigenvalue weighted by molar-refractivity contribution is -0.299. The van der Waals surface area contributed by atoms with Gasteiger partial charge in [0.15, 0.2) is 0 Å². The molecule has 0 N–H and O–H groups in total. The monoisotopic (exact) mass is 270 g/mol. The van der Waals surface area contributed by atoms with Crippen LogP contribution < -0.4 is 0 Å². The molecule has 0 bridgehead atoms. The molecule has 0 amide bonds. The van der Waals surface area contributed by atoms with Crippen molar-refractivity contribution < 1.29 is 28.2 Å². The van der Waals surface area contributed by atoms with Gasteiger partial charge < -0.3 is 0 Å². The van der Waals surface area contributed by atoms with Crippen molar-refractivity contribution in [1.82, 2.24) is 0 Å². The maximum absolute atomic E-state index is 11.9. The minimum atomic E-state index is -3.77. The second-order valence-corrected chi connectivity index (χ2v) is 4.79. The lowest BCUT2D eigenvalue weighted by Gasteiger charge is -2.18. The molecule has 0 heterocycles. The van der Waals surface area contributed by atoms with E-state index in [1.165, 1.54) is 0 Å². The zero-order valence-corrected chi connectivity index (χ0v) is 11.9. The van der Waals surface area contributed by atoms with E-state index in [0.29, 0.717) is 0 Å². The van der Waals surface area contributed by atoms with Crippen LogP contribution in [-0.2, 0) is 28.2 Å². The van der Waals surface area contributed by atoms with Crippen LogP contribution in [-0.4, -0.2) is 19.3 Å². The van der Waals surface area contributed by atoms with Gasteiger partial charge in [0.25, 0.3) is 0 Å². The molecule has 0 radical (unpaired) electrons. The van der Waals surface area contributed by atoms with Gasteiger partial charge in [0, 0.05) is 0 Å². The van der Waals surface area contributed by atoms with Gasteiger partial charge in [0.1, 0.15) is 0 Å². The largest absolute Gasteiger partial charge is 0.529 e. The van der Waals surface area contributed by atoms with Gasteiger partial charge in [0.2, 0.25) is 0 Å². The van der Waals surface area contributed by atoms with Crippen molar-refractivity contribution in [1.29, 1.82) is 0 Å². The molecule has 0 aliphatic carbocycles. The lowest BCUT2D eigenvalue weighted by atomic mass is 10.2. The Hall–Kier alpha value is 0.0300. The van der Waals surface area contributed by atoms with Crippen LogP contribution in [0.5, 0.6) is 0 Å². The Kier molecular flexibility index (Phi) is 10.0. The first-order chi connectivity index (χ1) is 8.11. The number of hydrogen-bond acceptors (Lipinski definition) is 6. The standard InChI is InChI=1S/C10H23O6P/c1-5-9-10(6-2)14-16-17(11,13-8-4)15-12-7-3/h10H,5-9H2,1-4H3. The average Bonchev–Trinajstić information content (AvgIpc) is 2.32. The molecule has 2 atom stereocenters. The maximum Gasteiger partial charge on any atom is 0.529 e. The second-order valence-electron chi connectivity index (χ2n) is 3.34. The van der Waals surface area contributed by atoms with Gasteiger partial charge in [-0.05, 0) is 26.7 Å². The van der Waals surface area contributed by atoms with Crippen molar-refractivity contribution in [3.63, 3.8) is 0 Å². The average molecular weight is 270 g/mol. The predicted octanol–water partition coefficient (Wildman–Crippen LogP) is 3.63. The summed E-state index contributed by atoms with van der Waals surface area (Å²) in [5.41, 5.74) is 0. The van der Waals surface area contributed by atoms with E-state index in [-0.39, 0.29) is 19.3 Å². The van der Waals surface area contributed by atoms with Crippen molar-refractivity contribution in [2.75, 3.05) is 13.2 Å². The Bertz CT molecular complexity index is 223. The van der Waals surface area contributed by atoms with E-state index in [2.05, 4.69) is 9.56 Å². The fraction of sp³-hybridized carbons (Fsp3) is 1.00. The topological polar surface area (TPSA) is 63.2 Å². The van der Waals surface area contributed by atoms with Crippen LogP contribution in [0.1, 0.15) is 47.0 Å². The first-order valence-corrected chi connectivity index (χ1v) is 7.48. The molecule has 0 aliphatic heterocycles. The van der Waals surface area contributed by atoms with Crippen LogP contribution in [0.25, 0.3) is 0 Å². The first kappa shape index (κ1) is 17.0. The summed E-state index contributed by atoms with van der Waals surface area (Å²) in [4.78, 5) is 9.64. The lowest BCUT2D eigenvalue weighted by Crippen LogP contribution is -2.12. The Morgan fingerprint density at radius 1 is 1.06 bits per heavy atom.